The van der Waals surface area contributed by atoms with E-state index in [1.807, 2.05) is 18.6 Å². The minimum absolute atomic E-state index is 0. The smallest absolute Gasteiger partial charge is 0.121 e. The summed E-state index contributed by atoms with van der Waals surface area (Å²) >= 11 is 0. The normalized spacial score (nSPS) is 11.5. The van der Waals surface area contributed by atoms with E-state index in [0.717, 1.165) is 50.4 Å². The topological polar surface area (TPSA) is 44.9 Å². The van der Waals surface area contributed by atoms with Crippen LogP contribution in [0.25, 0.3) is 43.6 Å². The summed E-state index contributed by atoms with van der Waals surface area (Å²) in [4.78, 5) is 8.95. The first kappa shape index (κ1) is 27.0. The molecule has 39 heavy (non-hydrogen) atoms. The second-order valence-corrected chi connectivity index (χ2v) is 10.3. The highest BCUT2D eigenvalue weighted by atomic mass is 35.5. The Morgan fingerprint density at radius 3 is 2.38 bits per heavy atom. The first-order valence-electron chi connectivity index (χ1n) is 14.1. The predicted octanol–water partition coefficient (Wildman–Crippen LogP) is 8.86. The van der Waals surface area contributed by atoms with Crippen LogP contribution in [-0.4, -0.2) is 25.7 Å². The number of aryl methyl sites for hydroxylation is 3. The van der Waals surface area contributed by atoms with Crippen LogP contribution in [0.5, 0.6) is 5.75 Å². The van der Waals surface area contributed by atoms with E-state index in [4.69, 9.17) is 4.74 Å². The molecule has 0 aliphatic carbocycles. The van der Waals surface area contributed by atoms with Gasteiger partial charge < -0.3 is 13.9 Å². The van der Waals surface area contributed by atoms with Gasteiger partial charge in [0.25, 0.3) is 0 Å². The maximum absolute atomic E-state index is 6.23. The summed E-state index contributed by atoms with van der Waals surface area (Å²) < 4.78 is 11.1. The molecule has 6 aromatic rings. The van der Waals surface area contributed by atoms with Gasteiger partial charge >= 0.3 is 0 Å². The molecule has 0 saturated heterocycles. The lowest BCUT2D eigenvalue weighted by Gasteiger charge is -2.10. The average Bonchev–Trinajstić information content (AvgIpc) is 3.44. The number of fused-ring (bicyclic) bond motifs is 6. The number of pyridine rings is 2. The van der Waals surface area contributed by atoms with Crippen LogP contribution in [0.2, 0.25) is 0 Å². The fourth-order valence-electron chi connectivity index (χ4n) is 5.89. The number of rotatable bonds is 11. The number of unbranched alkanes of at least 4 members (excludes halogenated alkanes) is 4. The summed E-state index contributed by atoms with van der Waals surface area (Å²) in [6, 6.07) is 19.5. The lowest BCUT2D eigenvalue weighted by Crippen LogP contribution is -2.01. The van der Waals surface area contributed by atoms with Crippen LogP contribution in [0, 0.1) is 6.92 Å². The van der Waals surface area contributed by atoms with Gasteiger partial charge in [-0.2, -0.15) is 0 Å². The van der Waals surface area contributed by atoms with Crippen molar-refractivity contribution < 1.29 is 4.74 Å². The molecule has 0 aliphatic rings. The number of hydrogen-bond acceptors (Lipinski definition) is 3. The van der Waals surface area contributed by atoms with Gasteiger partial charge in [0, 0.05) is 58.6 Å². The van der Waals surface area contributed by atoms with Gasteiger partial charge in [0.15, 0.2) is 0 Å². The quantitative estimate of drug-likeness (QED) is 0.154. The first-order chi connectivity index (χ1) is 18.8. The van der Waals surface area contributed by atoms with Crippen molar-refractivity contribution in [1.29, 1.82) is 0 Å². The molecule has 4 aromatic heterocycles. The highest BCUT2D eigenvalue weighted by Crippen LogP contribution is 2.33. The molecule has 5 nitrogen and oxygen atoms in total. The Hall–Kier alpha value is -3.57. The zero-order valence-electron chi connectivity index (χ0n) is 22.9. The minimum atomic E-state index is 0. The molecule has 202 valence electrons. The molecule has 0 saturated carbocycles. The zero-order chi connectivity index (χ0) is 25.9. The number of halogens is 1. The fraction of sp³-hybridized carbons (Fsp3) is 0.333. The number of nitrogens with zero attached hydrogens (tertiary/aromatic N) is 4. The van der Waals surface area contributed by atoms with Crippen molar-refractivity contribution in [1.82, 2.24) is 19.1 Å². The van der Waals surface area contributed by atoms with Crippen molar-refractivity contribution in [2.24, 2.45) is 0 Å². The fourth-order valence-corrected chi connectivity index (χ4v) is 5.89. The summed E-state index contributed by atoms with van der Waals surface area (Å²) in [6.07, 6.45) is 12.7. The van der Waals surface area contributed by atoms with Crippen LogP contribution in [-0.2, 0) is 13.1 Å². The van der Waals surface area contributed by atoms with Crippen molar-refractivity contribution in [3.05, 3.63) is 78.9 Å². The molecule has 0 spiro atoms. The highest BCUT2D eigenvalue weighted by Gasteiger charge is 2.14. The molecule has 0 amide bonds. The Kier molecular flexibility index (Phi) is 8.37. The van der Waals surface area contributed by atoms with Crippen LogP contribution >= 0.6 is 12.4 Å². The Morgan fingerprint density at radius 2 is 1.49 bits per heavy atom. The summed E-state index contributed by atoms with van der Waals surface area (Å²) in [6.45, 7) is 7.13. The average molecular weight is 541 g/mol. The van der Waals surface area contributed by atoms with Gasteiger partial charge in [-0.3, -0.25) is 9.97 Å². The molecule has 4 heterocycles. The van der Waals surface area contributed by atoms with Gasteiger partial charge in [-0.05, 0) is 56.5 Å². The SMILES string of the molecule is CCCCn1c2cc(OCCCCCCn3c4ccccc4c4ccncc43)ccc2c2ccnc(C)c21.Cl. The second-order valence-electron chi connectivity index (χ2n) is 10.3. The van der Waals surface area contributed by atoms with E-state index in [1.54, 1.807) is 0 Å². The van der Waals surface area contributed by atoms with Gasteiger partial charge in [0.2, 0.25) is 0 Å². The Morgan fingerprint density at radius 1 is 0.718 bits per heavy atom. The standard InChI is InChI=1S/C33H36N4O.ClH/c1-3-4-19-37-31-22-25(13-14-27(31)29-16-18-35-24(2)33(29)37)38-21-10-6-5-9-20-36-30-12-8-7-11-26(30)28-15-17-34-23-32(28)36;/h7-8,11-18,22-23H,3-6,9-10,19-21H2,1-2H3;1H. The van der Waals surface area contributed by atoms with E-state index in [2.05, 4.69) is 87.5 Å². The number of benzene rings is 2. The molecule has 0 radical (unpaired) electrons. The number of aromatic nitrogens is 4. The third kappa shape index (κ3) is 5.20. The number of hydrogen-bond donors (Lipinski definition) is 0. The van der Waals surface area contributed by atoms with E-state index in [1.165, 1.54) is 62.9 Å². The summed E-state index contributed by atoms with van der Waals surface area (Å²) in [5.74, 6) is 0.960. The predicted molar refractivity (Wildman–Crippen MR) is 165 cm³/mol. The maximum Gasteiger partial charge on any atom is 0.121 e. The molecular formula is C33H37ClN4O. The summed E-state index contributed by atoms with van der Waals surface area (Å²) in [5, 5.41) is 5.18. The van der Waals surface area contributed by atoms with Crippen molar-refractivity contribution in [3.63, 3.8) is 0 Å². The van der Waals surface area contributed by atoms with Gasteiger partial charge in [0.1, 0.15) is 5.75 Å². The third-order valence-corrected chi connectivity index (χ3v) is 7.78. The molecule has 0 aliphatic heterocycles. The van der Waals surface area contributed by atoms with E-state index in [0.29, 0.717) is 0 Å². The Balaban J connectivity index is 0.00000308. The molecular weight excluding hydrogens is 504 g/mol. The van der Waals surface area contributed by atoms with Crippen molar-refractivity contribution in [2.45, 2.75) is 65.5 Å². The third-order valence-electron chi connectivity index (χ3n) is 7.78. The molecule has 0 atom stereocenters. The Labute approximate surface area is 236 Å². The van der Waals surface area contributed by atoms with Crippen LogP contribution in [0.3, 0.4) is 0 Å². The van der Waals surface area contributed by atoms with Crippen LogP contribution in [0.4, 0.5) is 0 Å². The molecule has 0 unspecified atom stereocenters. The molecule has 0 bridgehead atoms. The van der Waals surface area contributed by atoms with Crippen LogP contribution in [0.1, 0.15) is 51.1 Å². The lowest BCUT2D eigenvalue weighted by atomic mass is 10.1. The van der Waals surface area contributed by atoms with Crippen molar-refractivity contribution in [3.8, 4) is 5.75 Å². The van der Waals surface area contributed by atoms with E-state index in [-0.39, 0.29) is 12.4 Å². The molecule has 0 N–H and O–H groups in total. The largest absolute Gasteiger partial charge is 0.494 e. The first-order valence-corrected chi connectivity index (χ1v) is 14.1. The highest BCUT2D eigenvalue weighted by molar-refractivity contribution is 6.09. The molecule has 6 rings (SSSR count). The van der Waals surface area contributed by atoms with Gasteiger partial charge in [-0.15, -0.1) is 12.4 Å². The van der Waals surface area contributed by atoms with E-state index >= 15 is 0 Å². The van der Waals surface area contributed by atoms with Crippen molar-refractivity contribution in [2.75, 3.05) is 6.61 Å². The zero-order valence-corrected chi connectivity index (χ0v) is 23.7. The Bertz CT molecular complexity index is 1660. The monoisotopic (exact) mass is 540 g/mol. The van der Waals surface area contributed by atoms with Gasteiger partial charge in [-0.1, -0.05) is 44.4 Å². The molecule has 2 aromatic carbocycles. The lowest BCUT2D eigenvalue weighted by molar-refractivity contribution is 0.304. The van der Waals surface area contributed by atoms with Gasteiger partial charge in [-0.25, -0.2) is 0 Å². The van der Waals surface area contributed by atoms with E-state index in [9.17, 15) is 0 Å². The number of ether oxygens (including phenoxy) is 1. The van der Waals surface area contributed by atoms with Gasteiger partial charge in [0.05, 0.1) is 35.0 Å². The van der Waals surface area contributed by atoms with E-state index < -0.39 is 0 Å². The molecule has 6 heteroatoms. The summed E-state index contributed by atoms with van der Waals surface area (Å²) in [7, 11) is 0. The minimum Gasteiger partial charge on any atom is -0.494 e. The maximum atomic E-state index is 6.23. The van der Waals surface area contributed by atoms with Crippen LogP contribution < -0.4 is 4.74 Å². The van der Waals surface area contributed by atoms with Crippen molar-refractivity contribution >= 4 is 56.0 Å². The number of para-hydroxylation sites is 1. The summed E-state index contributed by atoms with van der Waals surface area (Å²) in [5.41, 5.74) is 6.13. The molecule has 0 fully saturated rings. The van der Waals surface area contributed by atoms with Crippen LogP contribution in [0.15, 0.2) is 73.2 Å². The second kappa shape index (κ2) is 12.1.